The third-order valence-electron chi connectivity index (χ3n) is 5.93. The number of hydrogen-bond donors (Lipinski definition) is 1. The van der Waals surface area contributed by atoms with Gasteiger partial charge in [-0.05, 0) is 37.1 Å². The highest BCUT2D eigenvalue weighted by Crippen LogP contribution is 2.43. The van der Waals surface area contributed by atoms with Crippen LogP contribution in [0.4, 0.5) is 0 Å². The first-order valence-electron chi connectivity index (χ1n) is 11.8. The van der Waals surface area contributed by atoms with Crippen LogP contribution in [0.1, 0.15) is 39.9 Å². The van der Waals surface area contributed by atoms with Crippen molar-refractivity contribution in [1.29, 1.82) is 5.26 Å². The molecule has 3 aromatic carbocycles. The van der Waals surface area contributed by atoms with Crippen LogP contribution in [0, 0.1) is 18.3 Å². The topological polar surface area (TPSA) is 79.2 Å². The van der Waals surface area contributed by atoms with Gasteiger partial charge in [0.15, 0.2) is 5.78 Å². The lowest BCUT2D eigenvalue weighted by molar-refractivity contribution is -0.138. The predicted molar refractivity (Wildman–Crippen MR) is 151 cm³/mol. The van der Waals surface area contributed by atoms with Gasteiger partial charge in [0.2, 0.25) is 0 Å². The standard InChI is InChI=1S/C30H25BrN2O3S/c1-3-36-30(35)27-26(21-11-9-19(2)10-12-21)24(17-32)29(33-28(27)22-7-5-4-6-8-22)37-18-25(34)20-13-15-23(31)16-14-20/h4-16,26,33H,3,18H2,1-2H3. The number of thioether (sulfide) groups is 1. The third-order valence-corrected chi connectivity index (χ3v) is 7.48. The molecule has 0 fully saturated rings. The Hall–Kier alpha value is -3.60. The first-order valence-corrected chi connectivity index (χ1v) is 13.6. The minimum absolute atomic E-state index is 0.0580. The van der Waals surface area contributed by atoms with E-state index < -0.39 is 11.9 Å². The van der Waals surface area contributed by atoms with Crippen molar-refractivity contribution in [3.05, 3.63) is 122 Å². The Morgan fingerprint density at radius 1 is 1.03 bits per heavy atom. The Balaban J connectivity index is 1.81. The molecule has 5 nitrogen and oxygen atoms in total. The normalized spacial score (nSPS) is 15.1. The van der Waals surface area contributed by atoms with Gasteiger partial charge in [-0.3, -0.25) is 4.79 Å². The zero-order valence-corrected chi connectivity index (χ0v) is 22.9. The van der Waals surface area contributed by atoms with Gasteiger partial charge in [-0.15, -0.1) is 0 Å². The molecule has 186 valence electrons. The number of esters is 1. The fourth-order valence-corrected chi connectivity index (χ4v) is 5.31. The highest BCUT2D eigenvalue weighted by Gasteiger charge is 2.37. The summed E-state index contributed by atoms with van der Waals surface area (Å²) in [7, 11) is 0. The Morgan fingerprint density at radius 3 is 2.32 bits per heavy atom. The van der Waals surface area contributed by atoms with E-state index in [2.05, 4.69) is 27.3 Å². The van der Waals surface area contributed by atoms with E-state index in [-0.39, 0.29) is 18.1 Å². The molecule has 7 heteroatoms. The molecule has 4 rings (SSSR count). The Bertz CT molecular complexity index is 1410. The summed E-state index contributed by atoms with van der Waals surface area (Å²) in [6.45, 7) is 3.95. The first-order chi connectivity index (χ1) is 17.9. The summed E-state index contributed by atoms with van der Waals surface area (Å²) in [5, 5.41) is 14.2. The van der Waals surface area contributed by atoms with Crippen molar-refractivity contribution in [2.24, 2.45) is 0 Å². The maximum Gasteiger partial charge on any atom is 0.337 e. The van der Waals surface area contributed by atoms with Crippen LogP contribution >= 0.6 is 27.7 Å². The van der Waals surface area contributed by atoms with E-state index in [9.17, 15) is 14.9 Å². The van der Waals surface area contributed by atoms with E-state index >= 15 is 0 Å². The first kappa shape index (κ1) is 26.5. The van der Waals surface area contributed by atoms with Crippen molar-refractivity contribution in [2.75, 3.05) is 12.4 Å². The van der Waals surface area contributed by atoms with Crippen molar-refractivity contribution < 1.29 is 14.3 Å². The van der Waals surface area contributed by atoms with Crippen molar-refractivity contribution >= 4 is 45.1 Å². The molecule has 1 heterocycles. The van der Waals surface area contributed by atoms with Crippen LogP contribution in [0.5, 0.6) is 0 Å². The zero-order valence-electron chi connectivity index (χ0n) is 20.5. The molecule has 3 aromatic rings. The molecule has 0 saturated carbocycles. The summed E-state index contributed by atoms with van der Waals surface area (Å²) >= 11 is 4.65. The van der Waals surface area contributed by atoms with E-state index in [1.807, 2.05) is 73.7 Å². The van der Waals surface area contributed by atoms with E-state index in [0.717, 1.165) is 21.2 Å². The number of carbonyl (C=O) groups is 2. The van der Waals surface area contributed by atoms with Crippen LogP contribution in [0.25, 0.3) is 5.70 Å². The molecule has 0 aliphatic carbocycles. The molecule has 0 bridgehead atoms. The highest BCUT2D eigenvalue weighted by atomic mass is 79.9. The van der Waals surface area contributed by atoms with Gasteiger partial charge in [-0.2, -0.15) is 5.26 Å². The molecule has 0 radical (unpaired) electrons. The van der Waals surface area contributed by atoms with Gasteiger partial charge in [0.25, 0.3) is 0 Å². The molecule has 0 saturated heterocycles. The second-order valence-electron chi connectivity index (χ2n) is 8.42. The number of dihydropyridines is 1. The average Bonchev–Trinajstić information content (AvgIpc) is 2.92. The number of hydrogen-bond acceptors (Lipinski definition) is 6. The lowest BCUT2D eigenvalue weighted by atomic mass is 9.81. The summed E-state index contributed by atoms with van der Waals surface area (Å²) in [5.74, 6) is -1.06. The number of carbonyl (C=O) groups excluding carboxylic acids is 2. The van der Waals surface area contributed by atoms with Gasteiger partial charge in [0.05, 0.1) is 46.2 Å². The van der Waals surface area contributed by atoms with Crippen LogP contribution in [0.15, 0.2) is 99.5 Å². The number of benzene rings is 3. The number of aryl methyl sites for hydroxylation is 1. The number of ether oxygens (including phenoxy) is 1. The van der Waals surface area contributed by atoms with Gasteiger partial charge >= 0.3 is 5.97 Å². The maximum absolute atomic E-state index is 13.4. The second kappa shape index (κ2) is 12.1. The smallest absolute Gasteiger partial charge is 0.337 e. The van der Waals surface area contributed by atoms with Gasteiger partial charge in [-0.1, -0.05) is 100.0 Å². The molecule has 1 unspecified atom stereocenters. The molecule has 0 spiro atoms. The van der Waals surface area contributed by atoms with Gasteiger partial charge in [0.1, 0.15) is 0 Å². The van der Waals surface area contributed by atoms with Crippen molar-refractivity contribution in [1.82, 2.24) is 5.32 Å². The summed E-state index contributed by atoms with van der Waals surface area (Å²) in [5.41, 5.74) is 4.57. The third kappa shape index (κ3) is 6.04. The molecule has 0 aromatic heterocycles. The molecule has 37 heavy (non-hydrogen) atoms. The van der Waals surface area contributed by atoms with Crippen molar-refractivity contribution in [2.45, 2.75) is 19.8 Å². The summed E-state index contributed by atoms with van der Waals surface area (Å²) in [6, 6.07) is 26.8. The van der Waals surface area contributed by atoms with Crippen LogP contribution in [-0.2, 0) is 9.53 Å². The number of ketones is 1. The number of Topliss-reactive ketones (excluding diaryl/α,β-unsaturated/α-hetero) is 1. The Kier molecular flexibility index (Phi) is 8.65. The number of nitrogens with one attached hydrogen (secondary N) is 1. The van der Waals surface area contributed by atoms with Crippen LogP contribution in [0.3, 0.4) is 0 Å². The zero-order chi connectivity index (χ0) is 26.4. The summed E-state index contributed by atoms with van der Waals surface area (Å²) in [4.78, 5) is 26.3. The number of rotatable bonds is 8. The monoisotopic (exact) mass is 572 g/mol. The minimum atomic E-state index is -0.647. The summed E-state index contributed by atoms with van der Waals surface area (Å²) < 4.78 is 6.36. The number of allylic oxidation sites excluding steroid dienone is 1. The van der Waals surface area contributed by atoms with Gasteiger partial charge in [-0.25, -0.2) is 4.79 Å². The lowest BCUT2D eigenvalue weighted by Crippen LogP contribution is -2.29. The number of nitrogens with zero attached hydrogens (tertiary/aromatic N) is 1. The fraction of sp³-hybridized carbons (Fsp3) is 0.167. The van der Waals surface area contributed by atoms with Crippen LogP contribution in [0.2, 0.25) is 0 Å². The lowest BCUT2D eigenvalue weighted by Gasteiger charge is -2.30. The summed E-state index contributed by atoms with van der Waals surface area (Å²) in [6.07, 6.45) is 0. The number of halogens is 1. The van der Waals surface area contributed by atoms with Crippen LogP contribution in [-0.4, -0.2) is 24.1 Å². The molecule has 1 N–H and O–H groups in total. The van der Waals surface area contributed by atoms with Gasteiger partial charge < -0.3 is 10.1 Å². The van der Waals surface area contributed by atoms with Crippen LogP contribution < -0.4 is 5.32 Å². The molecule has 1 aliphatic rings. The quantitative estimate of drug-likeness (QED) is 0.237. The maximum atomic E-state index is 13.4. The molecule has 1 atom stereocenters. The van der Waals surface area contributed by atoms with E-state index in [1.165, 1.54) is 11.8 Å². The molecule has 1 aliphatic heterocycles. The Morgan fingerprint density at radius 2 is 1.70 bits per heavy atom. The Labute approximate surface area is 229 Å². The SMILES string of the molecule is CCOC(=O)C1=C(c2ccccc2)NC(SCC(=O)c2ccc(Br)cc2)=C(C#N)C1c1ccc(C)cc1. The largest absolute Gasteiger partial charge is 0.463 e. The second-order valence-corrected chi connectivity index (χ2v) is 10.3. The average molecular weight is 574 g/mol. The van der Waals surface area contributed by atoms with Crippen molar-refractivity contribution in [3.8, 4) is 6.07 Å². The fourth-order valence-electron chi connectivity index (χ4n) is 4.11. The van der Waals surface area contributed by atoms with E-state index in [0.29, 0.717) is 27.4 Å². The number of nitriles is 1. The molecular formula is C30H25BrN2O3S. The highest BCUT2D eigenvalue weighted by molar-refractivity contribution is 9.10. The van der Waals surface area contributed by atoms with Crippen molar-refractivity contribution in [3.63, 3.8) is 0 Å². The van der Waals surface area contributed by atoms with E-state index in [4.69, 9.17) is 4.74 Å². The minimum Gasteiger partial charge on any atom is -0.463 e. The molecule has 0 amide bonds. The predicted octanol–water partition coefficient (Wildman–Crippen LogP) is 6.77. The van der Waals surface area contributed by atoms with Gasteiger partial charge in [0, 0.05) is 10.0 Å². The van der Waals surface area contributed by atoms with E-state index in [1.54, 1.807) is 19.1 Å². The molecular weight excluding hydrogens is 548 g/mol.